The Balaban J connectivity index is 2.02. The van der Waals surface area contributed by atoms with Crippen molar-refractivity contribution in [2.45, 2.75) is 24.4 Å². The van der Waals surface area contributed by atoms with Crippen LogP contribution in [0.2, 0.25) is 0 Å². The van der Waals surface area contributed by atoms with Crippen molar-refractivity contribution in [2.24, 2.45) is 4.99 Å². The van der Waals surface area contributed by atoms with Crippen LogP contribution in [-0.4, -0.2) is 31.1 Å². The summed E-state index contributed by atoms with van der Waals surface area (Å²) in [7, 11) is 1.22. The van der Waals surface area contributed by atoms with Crippen LogP contribution in [0.1, 0.15) is 34.9 Å². The third kappa shape index (κ3) is 4.13. The van der Waals surface area contributed by atoms with Crippen molar-refractivity contribution >= 4 is 17.5 Å². The maximum absolute atomic E-state index is 13.1. The van der Waals surface area contributed by atoms with Crippen molar-refractivity contribution in [3.05, 3.63) is 71.3 Å². The summed E-state index contributed by atoms with van der Waals surface area (Å²) in [5, 5.41) is 0. The highest BCUT2D eigenvalue weighted by Gasteiger charge is 2.42. The zero-order valence-corrected chi connectivity index (χ0v) is 15.1. The zero-order chi connectivity index (χ0) is 20.3. The monoisotopic (exact) mass is 389 g/mol. The normalized spacial score (nSPS) is 21.1. The summed E-state index contributed by atoms with van der Waals surface area (Å²) in [6.45, 7) is -0.282. The number of hydrogen-bond acceptors (Lipinski definition) is 4. The van der Waals surface area contributed by atoms with Gasteiger partial charge in [-0.05, 0) is 17.2 Å². The Morgan fingerprint density at radius 2 is 1.79 bits per heavy atom. The lowest BCUT2D eigenvalue weighted by Crippen LogP contribution is -2.17. The third-order valence-electron chi connectivity index (χ3n) is 4.76. The van der Waals surface area contributed by atoms with Gasteiger partial charge < -0.3 is 4.74 Å². The molecule has 0 N–H and O–H groups in total. The molecule has 0 amide bonds. The van der Waals surface area contributed by atoms with Gasteiger partial charge in [0.2, 0.25) is 0 Å². The van der Waals surface area contributed by atoms with Crippen molar-refractivity contribution in [1.82, 2.24) is 0 Å². The predicted octanol–water partition coefficient (Wildman–Crippen LogP) is 4.16. The lowest BCUT2D eigenvalue weighted by molar-refractivity contribution is -0.139. The fourth-order valence-electron chi connectivity index (χ4n) is 3.40. The van der Waals surface area contributed by atoms with Gasteiger partial charge in [0.15, 0.2) is 5.78 Å². The number of ether oxygens (including phenoxy) is 1. The van der Waals surface area contributed by atoms with Gasteiger partial charge >= 0.3 is 12.1 Å². The van der Waals surface area contributed by atoms with E-state index < -0.39 is 29.5 Å². The van der Waals surface area contributed by atoms with Gasteiger partial charge in [0.05, 0.1) is 18.6 Å². The number of carbonyl (C=O) groups is 2. The summed E-state index contributed by atoms with van der Waals surface area (Å²) in [5.74, 6) is -2.24. The zero-order valence-electron chi connectivity index (χ0n) is 15.1. The number of Topliss-reactive ketones (excluding diaryl/α,β-unsaturated/α-hetero) is 1. The number of benzene rings is 2. The number of alkyl halides is 3. The molecule has 0 radical (unpaired) electrons. The summed E-state index contributed by atoms with van der Waals surface area (Å²) in [6.07, 6.45) is -4.26. The molecule has 0 aromatic heterocycles. The summed E-state index contributed by atoms with van der Waals surface area (Å²) < 4.78 is 43.9. The Bertz CT molecular complexity index is 907. The Morgan fingerprint density at radius 3 is 2.43 bits per heavy atom. The van der Waals surface area contributed by atoms with Gasteiger partial charge in [-0.1, -0.05) is 48.5 Å². The minimum absolute atomic E-state index is 0.224. The van der Waals surface area contributed by atoms with E-state index in [-0.39, 0.29) is 24.3 Å². The first-order valence-electron chi connectivity index (χ1n) is 8.67. The summed E-state index contributed by atoms with van der Waals surface area (Å²) in [5.41, 5.74) is 0.562. The Morgan fingerprint density at radius 1 is 1.11 bits per heavy atom. The van der Waals surface area contributed by atoms with Crippen LogP contribution in [0.15, 0.2) is 59.6 Å². The number of nitrogens with zero attached hydrogens (tertiary/aromatic N) is 1. The van der Waals surface area contributed by atoms with Crippen LogP contribution in [0, 0.1) is 0 Å². The largest absolute Gasteiger partial charge is 0.468 e. The molecule has 1 saturated carbocycles. The molecular weight excluding hydrogens is 371 g/mol. The van der Waals surface area contributed by atoms with Crippen molar-refractivity contribution in [2.75, 3.05) is 13.7 Å². The van der Waals surface area contributed by atoms with Crippen LogP contribution in [-0.2, 0) is 20.5 Å². The van der Waals surface area contributed by atoms with Gasteiger partial charge in [0.1, 0.15) is 6.54 Å². The molecule has 7 heteroatoms. The number of ketones is 1. The van der Waals surface area contributed by atoms with Crippen molar-refractivity contribution in [1.29, 1.82) is 0 Å². The molecule has 2 unspecified atom stereocenters. The lowest BCUT2D eigenvalue weighted by atomic mass is 9.90. The van der Waals surface area contributed by atoms with Crippen molar-refractivity contribution in [3.8, 4) is 0 Å². The molecule has 146 valence electrons. The first-order chi connectivity index (χ1) is 13.3. The number of rotatable bonds is 4. The van der Waals surface area contributed by atoms with E-state index in [4.69, 9.17) is 0 Å². The van der Waals surface area contributed by atoms with Crippen LogP contribution < -0.4 is 0 Å². The van der Waals surface area contributed by atoms with Crippen LogP contribution in [0.4, 0.5) is 13.2 Å². The second kappa shape index (κ2) is 7.96. The van der Waals surface area contributed by atoms with E-state index in [0.29, 0.717) is 5.71 Å². The summed E-state index contributed by atoms with van der Waals surface area (Å²) >= 11 is 0. The van der Waals surface area contributed by atoms with Crippen molar-refractivity contribution in [3.63, 3.8) is 0 Å². The molecule has 2 aromatic carbocycles. The fourth-order valence-corrected chi connectivity index (χ4v) is 3.40. The van der Waals surface area contributed by atoms with Crippen LogP contribution in [0.5, 0.6) is 0 Å². The van der Waals surface area contributed by atoms with E-state index in [0.717, 1.165) is 17.7 Å². The van der Waals surface area contributed by atoms with E-state index in [1.807, 2.05) is 6.07 Å². The van der Waals surface area contributed by atoms with Crippen LogP contribution >= 0.6 is 0 Å². The Labute approximate surface area is 160 Å². The van der Waals surface area contributed by atoms with Gasteiger partial charge in [0.25, 0.3) is 0 Å². The van der Waals surface area contributed by atoms with E-state index in [1.165, 1.54) is 19.2 Å². The Kier molecular flexibility index (Phi) is 5.63. The first kappa shape index (κ1) is 19.8. The number of methoxy groups -OCH3 is 1. The molecule has 2 atom stereocenters. The average molecular weight is 389 g/mol. The molecule has 0 heterocycles. The van der Waals surface area contributed by atoms with Crippen LogP contribution in [0.3, 0.4) is 0 Å². The van der Waals surface area contributed by atoms with Gasteiger partial charge in [-0.25, -0.2) is 0 Å². The van der Waals surface area contributed by atoms with E-state index >= 15 is 0 Å². The highest BCUT2D eigenvalue weighted by molar-refractivity contribution is 6.19. The van der Waals surface area contributed by atoms with E-state index in [2.05, 4.69) is 9.73 Å². The molecule has 1 aliphatic rings. The number of hydrogen-bond donors (Lipinski definition) is 0. The molecule has 2 aromatic rings. The molecule has 3 rings (SSSR count). The van der Waals surface area contributed by atoms with Crippen LogP contribution in [0.25, 0.3) is 0 Å². The maximum atomic E-state index is 13.1. The first-order valence-corrected chi connectivity index (χ1v) is 8.67. The molecule has 28 heavy (non-hydrogen) atoms. The highest BCUT2D eigenvalue weighted by Crippen LogP contribution is 2.40. The smallest absolute Gasteiger partial charge is 0.416 e. The molecule has 0 spiro atoms. The molecular formula is C21H18F3NO3. The SMILES string of the molecule is COC(=O)CN=C1CC(c2ccccc2)C(=O)C1c1cccc(C(F)(F)F)c1. The van der Waals surface area contributed by atoms with E-state index in [1.54, 1.807) is 24.3 Å². The van der Waals surface area contributed by atoms with Gasteiger partial charge in [-0.15, -0.1) is 0 Å². The molecule has 0 bridgehead atoms. The highest BCUT2D eigenvalue weighted by atomic mass is 19.4. The topological polar surface area (TPSA) is 55.7 Å². The maximum Gasteiger partial charge on any atom is 0.416 e. The second-order valence-corrected chi connectivity index (χ2v) is 6.51. The fraction of sp³-hybridized carbons (Fsp3) is 0.286. The molecule has 0 aliphatic heterocycles. The molecule has 0 saturated heterocycles. The molecule has 4 nitrogen and oxygen atoms in total. The van der Waals surface area contributed by atoms with E-state index in [9.17, 15) is 22.8 Å². The standard InChI is InChI=1S/C21H18F3NO3/c1-28-18(26)12-25-17-11-16(13-6-3-2-4-7-13)20(27)19(17)14-8-5-9-15(10-14)21(22,23)24/h2-10,16,19H,11-12H2,1H3. The van der Waals surface area contributed by atoms with Gasteiger partial charge in [0, 0.05) is 18.1 Å². The third-order valence-corrected chi connectivity index (χ3v) is 4.76. The van der Waals surface area contributed by atoms with Crippen molar-refractivity contribution < 1.29 is 27.5 Å². The average Bonchev–Trinajstić information content (AvgIpc) is 3.02. The van der Waals surface area contributed by atoms with Gasteiger partial charge in [-0.3, -0.25) is 14.6 Å². The minimum Gasteiger partial charge on any atom is -0.468 e. The quantitative estimate of drug-likeness (QED) is 0.738. The molecule has 1 aliphatic carbocycles. The summed E-state index contributed by atoms with van der Waals surface area (Å²) in [4.78, 5) is 28.8. The summed E-state index contributed by atoms with van der Waals surface area (Å²) in [6, 6.07) is 13.7. The number of carbonyl (C=O) groups excluding carboxylic acids is 2. The number of esters is 1. The molecule has 1 fully saturated rings. The lowest BCUT2D eigenvalue weighted by Gasteiger charge is -2.14. The second-order valence-electron chi connectivity index (χ2n) is 6.51. The number of aliphatic imine (C=N–C) groups is 1. The minimum atomic E-state index is -4.51. The predicted molar refractivity (Wildman–Crippen MR) is 97.3 cm³/mol. The van der Waals surface area contributed by atoms with Gasteiger partial charge in [-0.2, -0.15) is 13.2 Å². The number of halogens is 3. The Hall–Kier alpha value is -2.96.